The van der Waals surface area contributed by atoms with Crippen LogP contribution in [-0.2, 0) is 10.0 Å². The monoisotopic (exact) mass is 372 g/mol. The number of nitrogens with one attached hydrogen (secondary N) is 3. The lowest BCUT2D eigenvalue weighted by Gasteiger charge is -2.20. The largest absolute Gasteiger partial charge is 0.324 e. The zero-order valence-electron chi connectivity index (χ0n) is 14.7. The van der Waals surface area contributed by atoms with Crippen LogP contribution in [0.4, 0.5) is 5.95 Å². The summed E-state index contributed by atoms with van der Waals surface area (Å²) in [6.45, 7) is 5.26. The van der Waals surface area contributed by atoms with Crippen molar-refractivity contribution in [2.45, 2.75) is 31.2 Å². The van der Waals surface area contributed by atoms with Gasteiger partial charge in [-0.3, -0.25) is 10.1 Å². The Morgan fingerprint density at radius 1 is 1.08 bits per heavy atom. The summed E-state index contributed by atoms with van der Waals surface area (Å²) in [5, 5.41) is 2.65. The van der Waals surface area contributed by atoms with Crippen LogP contribution in [0.5, 0.6) is 0 Å². The Morgan fingerprint density at radius 2 is 1.81 bits per heavy atom. The van der Waals surface area contributed by atoms with E-state index in [1.165, 1.54) is 18.2 Å². The van der Waals surface area contributed by atoms with Gasteiger partial charge in [0.25, 0.3) is 5.91 Å². The first-order chi connectivity index (χ1) is 12.1. The summed E-state index contributed by atoms with van der Waals surface area (Å²) in [5.74, 6) is -0.144. The number of hydrogen-bond acceptors (Lipinski definition) is 4. The van der Waals surface area contributed by atoms with Crippen molar-refractivity contribution in [2.24, 2.45) is 0 Å². The summed E-state index contributed by atoms with van der Waals surface area (Å²) >= 11 is 0. The summed E-state index contributed by atoms with van der Waals surface area (Å²) < 4.78 is 27.4. The van der Waals surface area contributed by atoms with Gasteiger partial charge in [0.1, 0.15) is 0 Å². The molecule has 3 aromatic rings. The second-order valence-corrected chi connectivity index (χ2v) is 8.62. The summed E-state index contributed by atoms with van der Waals surface area (Å²) in [5.41, 5.74) is 1.13. The number of carbonyl (C=O) groups excluding carboxylic acids is 1. The molecule has 0 saturated carbocycles. The van der Waals surface area contributed by atoms with Crippen molar-refractivity contribution < 1.29 is 13.2 Å². The first-order valence-electron chi connectivity index (χ1n) is 8.04. The second kappa shape index (κ2) is 6.54. The van der Waals surface area contributed by atoms with Crippen molar-refractivity contribution >= 4 is 32.9 Å². The van der Waals surface area contributed by atoms with E-state index in [4.69, 9.17) is 0 Å². The molecule has 3 rings (SSSR count). The Hall–Kier alpha value is -2.71. The van der Waals surface area contributed by atoms with E-state index in [-0.39, 0.29) is 10.5 Å². The maximum Gasteiger partial charge on any atom is 0.258 e. The van der Waals surface area contributed by atoms with Crippen LogP contribution in [-0.4, -0.2) is 29.8 Å². The van der Waals surface area contributed by atoms with Gasteiger partial charge in [0, 0.05) is 11.1 Å². The van der Waals surface area contributed by atoms with Gasteiger partial charge in [0.2, 0.25) is 16.0 Å². The van der Waals surface area contributed by atoms with Gasteiger partial charge in [-0.2, -0.15) is 0 Å². The van der Waals surface area contributed by atoms with Gasteiger partial charge >= 0.3 is 0 Å². The molecule has 0 saturated heterocycles. The van der Waals surface area contributed by atoms with Gasteiger partial charge < -0.3 is 4.98 Å². The van der Waals surface area contributed by atoms with Crippen molar-refractivity contribution in [1.29, 1.82) is 0 Å². The first kappa shape index (κ1) is 18.1. The molecule has 0 spiro atoms. The van der Waals surface area contributed by atoms with Crippen LogP contribution in [0.3, 0.4) is 0 Å². The molecule has 0 radical (unpaired) electrons. The van der Waals surface area contributed by atoms with Crippen molar-refractivity contribution in [3.8, 4) is 0 Å². The Kier molecular flexibility index (Phi) is 4.55. The number of nitrogens with zero attached hydrogens (tertiary/aromatic N) is 1. The van der Waals surface area contributed by atoms with Crippen LogP contribution in [0, 0.1) is 0 Å². The molecule has 136 valence electrons. The number of H-pyrrole nitrogens is 1. The average molecular weight is 372 g/mol. The van der Waals surface area contributed by atoms with Crippen LogP contribution in [0.15, 0.2) is 53.4 Å². The molecule has 8 heteroatoms. The Labute approximate surface area is 151 Å². The quantitative estimate of drug-likeness (QED) is 0.655. The number of aromatic nitrogens is 2. The fourth-order valence-corrected chi connectivity index (χ4v) is 3.92. The minimum Gasteiger partial charge on any atom is -0.324 e. The minimum absolute atomic E-state index is 0.0321. The highest BCUT2D eigenvalue weighted by Gasteiger charge is 2.23. The van der Waals surface area contributed by atoms with E-state index >= 15 is 0 Å². The normalized spacial score (nSPS) is 12.3. The average Bonchev–Trinajstić information content (AvgIpc) is 2.95. The molecular weight excluding hydrogens is 352 g/mol. The number of para-hydroxylation sites is 2. The van der Waals surface area contributed by atoms with Crippen molar-refractivity contribution in [3.63, 3.8) is 0 Å². The fourth-order valence-electron chi connectivity index (χ4n) is 2.46. The van der Waals surface area contributed by atoms with Crippen LogP contribution in [0.25, 0.3) is 11.0 Å². The van der Waals surface area contributed by atoms with Crippen molar-refractivity contribution in [2.75, 3.05) is 5.32 Å². The molecule has 26 heavy (non-hydrogen) atoms. The zero-order chi connectivity index (χ0) is 18.9. The highest BCUT2D eigenvalue weighted by molar-refractivity contribution is 7.89. The third-order valence-corrected chi connectivity index (χ3v) is 5.22. The van der Waals surface area contributed by atoms with Crippen LogP contribution >= 0.6 is 0 Å². The van der Waals surface area contributed by atoms with E-state index in [1.54, 1.807) is 26.8 Å². The van der Waals surface area contributed by atoms with E-state index in [9.17, 15) is 13.2 Å². The van der Waals surface area contributed by atoms with Crippen molar-refractivity contribution in [3.05, 3.63) is 54.1 Å². The number of anilines is 1. The molecule has 0 aliphatic heterocycles. The van der Waals surface area contributed by atoms with Crippen LogP contribution in [0.2, 0.25) is 0 Å². The summed E-state index contributed by atoms with van der Waals surface area (Å²) in [4.78, 5) is 19.8. The third-order valence-electron chi connectivity index (χ3n) is 3.47. The molecule has 0 atom stereocenters. The van der Waals surface area contributed by atoms with Gasteiger partial charge in [-0.05, 0) is 51.1 Å². The molecule has 1 aromatic heterocycles. The second-order valence-electron chi connectivity index (χ2n) is 6.94. The maximum absolute atomic E-state index is 12.5. The lowest BCUT2D eigenvalue weighted by molar-refractivity contribution is 0.102. The highest BCUT2D eigenvalue weighted by atomic mass is 32.2. The van der Waals surface area contributed by atoms with E-state index in [2.05, 4.69) is 20.0 Å². The number of rotatable bonds is 4. The molecular formula is C18H20N4O3S. The molecule has 0 fully saturated rings. The Morgan fingerprint density at radius 3 is 2.50 bits per heavy atom. The number of imidazole rings is 1. The molecule has 1 heterocycles. The standard InChI is InChI=1S/C18H20N4O3S/c1-18(2,3)22-26(24,25)13-8-6-7-12(11-13)16(23)21-17-19-14-9-4-5-10-15(14)20-17/h4-11,22H,1-3H3,(H2,19,20,21,23). The smallest absolute Gasteiger partial charge is 0.258 e. The maximum atomic E-state index is 12.5. The predicted molar refractivity (Wildman–Crippen MR) is 101 cm³/mol. The number of aromatic amines is 1. The first-order valence-corrected chi connectivity index (χ1v) is 9.52. The molecule has 0 unspecified atom stereocenters. The van der Waals surface area contributed by atoms with Gasteiger partial charge in [-0.1, -0.05) is 18.2 Å². The fraction of sp³-hybridized carbons (Fsp3) is 0.222. The number of benzene rings is 2. The zero-order valence-corrected chi connectivity index (χ0v) is 15.5. The number of sulfonamides is 1. The number of carbonyl (C=O) groups is 1. The number of amides is 1. The SMILES string of the molecule is CC(C)(C)NS(=O)(=O)c1cccc(C(=O)Nc2nc3ccccc3[nH]2)c1. The van der Waals surface area contributed by atoms with Gasteiger partial charge in [0.05, 0.1) is 15.9 Å². The number of fused-ring (bicyclic) bond motifs is 1. The molecule has 0 aliphatic carbocycles. The Balaban J connectivity index is 1.84. The van der Waals surface area contributed by atoms with Crippen LogP contribution < -0.4 is 10.0 Å². The lowest BCUT2D eigenvalue weighted by atomic mass is 10.1. The van der Waals surface area contributed by atoms with E-state index in [1.807, 2.05) is 24.3 Å². The highest BCUT2D eigenvalue weighted by Crippen LogP contribution is 2.17. The topological polar surface area (TPSA) is 104 Å². The van der Waals surface area contributed by atoms with E-state index in [0.29, 0.717) is 5.95 Å². The molecule has 3 N–H and O–H groups in total. The van der Waals surface area contributed by atoms with Crippen LogP contribution in [0.1, 0.15) is 31.1 Å². The van der Waals surface area contributed by atoms with Gasteiger partial charge in [0.15, 0.2) is 0 Å². The molecule has 7 nitrogen and oxygen atoms in total. The van der Waals surface area contributed by atoms with Crippen molar-refractivity contribution in [1.82, 2.24) is 14.7 Å². The summed E-state index contributed by atoms with van der Waals surface area (Å²) in [7, 11) is -3.72. The number of hydrogen-bond donors (Lipinski definition) is 3. The molecule has 0 bridgehead atoms. The van der Waals surface area contributed by atoms with Gasteiger partial charge in [-0.15, -0.1) is 0 Å². The van der Waals surface area contributed by atoms with Gasteiger partial charge in [-0.25, -0.2) is 18.1 Å². The minimum atomic E-state index is -3.72. The molecule has 1 amide bonds. The summed E-state index contributed by atoms with van der Waals surface area (Å²) in [6, 6.07) is 13.3. The molecule has 2 aromatic carbocycles. The van der Waals surface area contributed by atoms with E-state index in [0.717, 1.165) is 11.0 Å². The molecule has 0 aliphatic rings. The lowest BCUT2D eigenvalue weighted by Crippen LogP contribution is -2.40. The summed E-state index contributed by atoms with van der Waals surface area (Å²) in [6.07, 6.45) is 0. The Bertz CT molecular complexity index is 1030. The van der Waals surface area contributed by atoms with E-state index < -0.39 is 21.5 Å². The predicted octanol–water partition coefficient (Wildman–Crippen LogP) is 2.89. The third kappa shape index (κ3) is 4.09.